The number of amides is 1. The van der Waals surface area contributed by atoms with Crippen LogP contribution in [0.5, 0.6) is 0 Å². The summed E-state index contributed by atoms with van der Waals surface area (Å²) in [6.45, 7) is 13.6. The van der Waals surface area contributed by atoms with Gasteiger partial charge in [-0.05, 0) is 34.1 Å². The first-order valence-electron chi connectivity index (χ1n) is 6.63. The maximum Gasteiger partial charge on any atom is 0.407 e. The molecule has 0 aliphatic rings. The van der Waals surface area contributed by atoms with Gasteiger partial charge in [0.25, 0.3) is 6.47 Å². The average molecular weight is 273 g/mol. The minimum Gasteiger partial charge on any atom is -0.464 e. The zero-order valence-corrected chi connectivity index (χ0v) is 13.1. The molecule has 0 saturated carbocycles. The van der Waals surface area contributed by atoms with E-state index in [1.54, 1.807) is 0 Å². The fraction of sp³-hybridized carbons (Fsp3) is 0.857. The molecule has 0 aromatic heterocycles. The summed E-state index contributed by atoms with van der Waals surface area (Å²) < 4.78 is 10.3. The summed E-state index contributed by atoms with van der Waals surface area (Å²) in [6.07, 6.45) is -0.0320. The second kappa shape index (κ2) is 6.78. The van der Waals surface area contributed by atoms with E-state index in [4.69, 9.17) is 9.47 Å². The van der Waals surface area contributed by atoms with Gasteiger partial charge in [-0.2, -0.15) is 0 Å². The summed E-state index contributed by atoms with van der Waals surface area (Å²) in [4.78, 5) is 22.3. The summed E-state index contributed by atoms with van der Waals surface area (Å²) in [6, 6.07) is -0.188. The molecule has 0 aromatic rings. The molecule has 2 unspecified atom stereocenters. The molecule has 0 aliphatic carbocycles. The highest BCUT2D eigenvalue weighted by molar-refractivity contribution is 5.68. The van der Waals surface area contributed by atoms with Gasteiger partial charge in [-0.1, -0.05) is 20.8 Å². The van der Waals surface area contributed by atoms with Crippen LogP contribution in [0.4, 0.5) is 4.79 Å². The zero-order valence-electron chi connectivity index (χ0n) is 13.1. The highest BCUT2D eigenvalue weighted by atomic mass is 16.6. The molecule has 0 rings (SSSR count). The third kappa shape index (κ3) is 5.94. The molecule has 0 bridgehead atoms. The first-order chi connectivity index (χ1) is 8.54. The second-order valence-corrected chi connectivity index (χ2v) is 6.32. The number of nitrogens with one attached hydrogen (secondary N) is 1. The maximum atomic E-state index is 11.7. The number of hydrogen-bond donors (Lipinski definition) is 1. The van der Waals surface area contributed by atoms with Crippen LogP contribution in [0.1, 0.15) is 54.9 Å². The summed E-state index contributed by atoms with van der Waals surface area (Å²) >= 11 is 0. The fourth-order valence-corrected chi connectivity index (χ4v) is 1.81. The van der Waals surface area contributed by atoms with E-state index >= 15 is 0 Å². The molecule has 5 nitrogen and oxygen atoms in total. The van der Waals surface area contributed by atoms with Crippen molar-refractivity contribution in [2.24, 2.45) is 5.41 Å². The summed E-state index contributed by atoms with van der Waals surface area (Å²) in [5.41, 5.74) is -0.913. The zero-order chi connectivity index (χ0) is 15.3. The molecule has 0 spiro atoms. The van der Waals surface area contributed by atoms with Gasteiger partial charge in [-0.15, -0.1) is 0 Å². The first-order valence-corrected chi connectivity index (χ1v) is 6.63. The molecule has 0 fully saturated rings. The smallest absolute Gasteiger partial charge is 0.407 e. The third-order valence-corrected chi connectivity index (χ3v) is 3.27. The van der Waals surface area contributed by atoms with Crippen molar-refractivity contribution in [1.29, 1.82) is 0 Å². The molecule has 5 heteroatoms. The quantitative estimate of drug-likeness (QED) is 0.756. The predicted octanol–water partition coefficient (Wildman–Crippen LogP) is 2.88. The van der Waals surface area contributed by atoms with Crippen LogP contribution >= 0.6 is 0 Å². The van der Waals surface area contributed by atoms with Crippen molar-refractivity contribution in [2.75, 3.05) is 0 Å². The van der Waals surface area contributed by atoms with Crippen LogP contribution in [0.2, 0.25) is 0 Å². The van der Waals surface area contributed by atoms with Gasteiger partial charge >= 0.3 is 6.09 Å². The number of rotatable bonds is 6. The van der Waals surface area contributed by atoms with Crippen molar-refractivity contribution < 1.29 is 19.1 Å². The van der Waals surface area contributed by atoms with E-state index in [1.165, 1.54) is 0 Å². The highest BCUT2D eigenvalue weighted by Crippen LogP contribution is 2.29. The van der Waals surface area contributed by atoms with Gasteiger partial charge in [0.1, 0.15) is 11.7 Å². The molecule has 1 amide bonds. The van der Waals surface area contributed by atoms with Crippen LogP contribution in [-0.2, 0) is 14.3 Å². The predicted molar refractivity (Wildman–Crippen MR) is 73.8 cm³/mol. The lowest BCUT2D eigenvalue weighted by Gasteiger charge is -2.38. The fourth-order valence-electron chi connectivity index (χ4n) is 1.81. The normalized spacial score (nSPS) is 15.3. The molecule has 19 heavy (non-hydrogen) atoms. The van der Waals surface area contributed by atoms with E-state index in [1.807, 2.05) is 48.5 Å². The molecule has 0 saturated heterocycles. The number of alkyl carbamates (subject to hydrolysis) is 1. The Balaban J connectivity index is 4.65. The summed E-state index contributed by atoms with van der Waals surface area (Å²) in [7, 11) is 0. The SMILES string of the molecule is CCC(OC=O)C(C)(C)C(C)NC(=O)OC(C)(C)C. The monoisotopic (exact) mass is 273 g/mol. The second-order valence-electron chi connectivity index (χ2n) is 6.32. The minimum absolute atomic E-state index is 0.188. The van der Waals surface area contributed by atoms with E-state index in [2.05, 4.69) is 5.32 Å². The van der Waals surface area contributed by atoms with Gasteiger partial charge in [-0.25, -0.2) is 4.79 Å². The van der Waals surface area contributed by atoms with Crippen LogP contribution in [0.15, 0.2) is 0 Å². The molecule has 0 radical (unpaired) electrons. The minimum atomic E-state index is -0.530. The van der Waals surface area contributed by atoms with E-state index in [-0.39, 0.29) is 17.6 Å². The standard InChI is InChI=1S/C14H27NO4/c1-8-11(18-9-16)14(6,7)10(2)15-12(17)19-13(3,4)5/h9-11H,8H2,1-7H3,(H,15,17). The Hall–Kier alpha value is -1.26. The van der Waals surface area contributed by atoms with Gasteiger partial charge in [0, 0.05) is 11.5 Å². The van der Waals surface area contributed by atoms with Crippen molar-refractivity contribution in [3.05, 3.63) is 0 Å². The van der Waals surface area contributed by atoms with Crippen molar-refractivity contribution in [3.63, 3.8) is 0 Å². The van der Waals surface area contributed by atoms with Crippen LogP contribution in [0.3, 0.4) is 0 Å². The van der Waals surface area contributed by atoms with Crippen molar-refractivity contribution >= 4 is 12.6 Å². The lowest BCUT2D eigenvalue weighted by atomic mass is 9.78. The molecule has 1 N–H and O–H groups in total. The first kappa shape index (κ1) is 17.7. The number of carbonyl (C=O) groups is 2. The van der Waals surface area contributed by atoms with Gasteiger partial charge in [0.15, 0.2) is 0 Å². The Morgan fingerprint density at radius 2 is 1.79 bits per heavy atom. The number of hydrogen-bond acceptors (Lipinski definition) is 4. The van der Waals surface area contributed by atoms with Crippen molar-refractivity contribution in [2.45, 2.75) is 72.6 Å². The van der Waals surface area contributed by atoms with Crippen LogP contribution in [-0.4, -0.2) is 30.3 Å². The Labute approximate surface area is 116 Å². The van der Waals surface area contributed by atoms with Crippen LogP contribution in [0, 0.1) is 5.41 Å². The molecule has 0 aliphatic heterocycles. The molecule has 2 atom stereocenters. The maximum absolute atomic E-state index is 11.7. The van der Waals surface area contributed by atoms with Gasteiger partial charge in [-0.3, -0.25) is 4.79 Å². The Bertz CT molecular complexity index is 307. The Morgan fingerprint density at radius 1 is 1.26 bits per heavy atom. The van der Waals surface area contributed by atoms with Gasteiger partial charge in [0.2, 0.25) is 0 Å². The van der Waals surface area contributed by atoms with E-state index in [0.29, 0.717) is 12.9 Å². The van der Waals surface area contributed by atoms with E-state index in [9.17, 15) is 9.59 Å². The number of carbonyl (C=O) groups excluding carboxylic acids is 2. The van der Waals surface area contributed by atoms with E-state index in [0.717, 1.165) is 0 Å². The van der Waals surface area contributed by atoms with E-state index < -0.39 is 11.7 Å². The molecule has 0 aromatic carbocycles. The van der Waals surface area contributed by atoms with Crippen LogP contribution in [0.25, 0.3) is 0 Å². The summed E-state index contributed by atoms with van der Waals surface area (Å²) in [5, 5.41) is 2.79. The summed E-state index contributed by atoms with van der Waals surface area (Å²) in [5.74, 6) is 0. The van der Waals surface area contributed by atoms with Crippen LogP contribution < -0.4 is 5.32 Å². The van der Waals surface area contributed by atoms with Gasteiger partial charge < -0.3 is 14.8 Å². The lowest BCUT2D eigenvalue weighted by Crippen LogP contribution is -2.50. The number of ether oxygens (including phenoxy) is 2. The Morgan fingerprint density at radius 3 is 2.16 bits per heavy atom. The third-order valence-electron chi connectivity index (χ3n) is 3.27. The lowest BCUT2D eigenvalue weighted by molar-refractivity contribution is -0.140. The van der Waals surface area contributed by atoms with Crippen molar-refractivity contribution in [1.82, 2.24) is 5.32 Å². The molecule has 112 valence electrons. The highest BCUT2D eigenvalue weighted by Gasteiger charge is 2.36. The topological polar surface area (TPSA) is 64.6 Å². The molecular weight excluding hydrogens is 246 g/mol. The van der Waals surface area contributed by atoms with Gasteiger partial charge in [0.05, 0.1) is 0 Å². The average Bonchev–Trinajstić information content (AvgIpc) is 2.22. The molecular formula is C14H27NO4. The Kier molecular flexibility index (Phi) is 6.33. The van der Waals surface area contributed by atoms with Crippen molar-refractivity contribution in [3.8, 4) is 0 Å². The molecule has 0 heterocycles. The largest absolute Gasteiger partial charge is 0.464 e.